The highest BCUT2D eigenvalue weighted by Gasteiger charge is 2.13. The van der Waals surface area contributed by atoms with Crippen LogP contribution in [-0.4, -0.2) is 29.1 Å². The van der Waals surface area contributed by atoms with Gasteiger partial charge >= 0.3 is 14.0 Å². The third-order valence-corrected chi connectivity index (χ3v) is 1.62. The Morgan fingerprint density at radius 1 is 1.77 bits per heavy atom. The van der Waals surface area contributed by atoms with E-state index in [1.807, 2.05) is 0 Å². The molecule has 0 amide bonds. The highest BCUT2D eigenvalue weighted by molar-refractivity contribution is 7.40. The second-order valence-electron chi connectivity index (χ2n) is 2.14. The van der Waals surface area contributed by atoms with Crippen LogP contribution in [0.3, 0.4) is 0 Å². The zero-order valence-corrected chi connectivity index (χ0v) is 7.73. The number of hydrogen-bond donors (Lipinski definition) is 2. The molecule has 0 rings (SSSR count). The summed E-state index contributed by atoms with van der Waals surface area (Å²) < 4.78 is 14.3. The minimum Gasteiger partial charge on any atom is -0.591 e. The van der Waals surface area contributed by atoms with E-state index in [4.69, 9.17) is 10.2 Å². The molecule has 0 aliphatic heterocycles. The van der Waals surface area contributed by atoms with Crippen LogP contribution in [0.4, 0.5) is 0 Å². The molecule has 0 spiro atoms. The van der Waals surface area contributed by atoms with Crippen molar-refractivity contribution >= 4 is 14.0 Å². The normalized spacial score (nSPS) is 15.1. The predicted octanol–water partition coefficient (Wildman–Crippen LogP) is -1.15. The molecule has 0 saturated carbocycles. The fourth-order valence-corrected chi connectivity index (χ4v) is 0.886. The summed E-state index contributed by atoms with van der Waals surface area (Å²) in [6.45, 7) is 0.486. The molecule has 74 valence electrons. The van der Waals surface area contributed by atoms with Crippen LogP contribution < -0.4 is 4.89 Å². The van der Waals surface area contributed by atoms with Crippen LogP contribution >= 0.6 is 8.03 Å². The SMILES string of the molecule is C/C(=C\[P+](=O)[O-])C(=O)OC(O)CO. The van der Waals surface area contributed by atoms with Crippen LogP contribution in [0.2, 0.25) is 0 Å². The van der Waals surface area contributed by atoms with Gasteiger partial charge in [0.1, 0.15) is 6.61 Å². The first-order chi connectivity index (χ1) is 5.97. The number of ether oxygens (including phenoxy) is 1. The van der Waals surface area contributed by atoms with Gasteiger partial charge in [0, 0.05) is 0 Å². The standard InChI is InChI=1S/C6H9O6P/c1-4(3-13(10)11)6(9)12-5(8)2-7/h3,5,7-8H,2H2,1H3/b4-3+. The van der Waals surface area contributed by atoms with Crippen molar-refractivity contribution in [2.45, 2.75) is 13.2 Å². The molecule has 0 bridgehead atoms. The van der Waals surface area contributed by atoms with E-state index >= 15 is 0 Å². The van der Waals surface area contributed by atoms with E-state index in [0.29, 0.717) is 5.82 Å². The van der Waals surface area contributed by atoms with E-state index in [9.17, 15) is 14.3 Å². The fourth-order valence-electron chi connectivity index (χ4n) is 0.465. The monoisotopic (exact) mass is 208 g/mol. The van der Waals surface area contributed by atoms with Crippen molar-refractivity contribution in [3.63, 3.8) is 0 Å². The van der Waals surface area contributed by atoms with Gasteiger partial charge in [0.25, 0.3) is 0 Å². The lowest BCUT2D eigenvalue weighted by atomic mass is 10.4. The van der Waals surface area contributed by atoms with Gasteiger partial charge in [0.15, 0.2) is 5.82 Å². The van der Waals surface area contributed by atoms with E-state index in [1.165, 1.54) is 6.92 Å². The molecule has 0 aromatic carbocycles. The van der Waals surface area contributed by atoms with Gasteiger partial charge in [-0.15, -0.1) is 0 Å². The molecule has 0 saturated heterocycles. The molecule has 0 aromatic rings. The lowest BCUT2D eigenvalue weighted by molar-refractivity contribution is -0.169. The maximum Gasteiger partial charge on any atom is 0.341 e. The molecule has 2 N–H and O–H groups in total. The quantitative estimate of drug-likeness (QED) is 0.261. The van der Waals surface area contributed by atoms with E-state index in [0.717, 1.165) is 0 Å². The number of rotatable bonds is 4. The molecule has 0 heterocycles. The molecule has 2 atom stereocenters. The summed E-state index contributed by atoms with van der Waals surface area (Å²) in [7, 11) is -2.81. The zero-order valence-electron chi connectivity index (χ0n) is 6.84. The van der Waals surface area contributed by atoms with Gasteiger partial charge in [0.2, 0.25) is 6.29 Å². The van der Waals surface area contributed by atoms with Crippen molar-refractivity contribution in [2.75, 3.05) is 6.61 Å². The maximum atomic E-state index is 10.8. The Balaban J connectivity index is 4.19. The van der Waals surface area contributed by atoms with Crippen molar-refractivity contribution in [1.29, 1.82) is 0 Å². The Hall–Kier alpha value is -0.810. The molecule has 0 aliphatic rings. The first-order valence-electron chi connectivity index (χ1n) is 3.29. The topological polar surface area (TPSA) is 107 Å². The molecule has 6 nitrogen and oxygen atoms in total. The van der Waals surface area contributed by atoms with Crippen molar-refractivity contribution in [3.8, 4) is 0 Å². The number of aliphatic hydroxyl groups is 2. The third kappa shape index (κ3) is 5.43. The summed E-state index contributed by atoms with van der Waals surface area (Å²) in [4.78, 5) is 20.9. The summed E-state index contributed by atoms with van der Waals surface area (Å²) in [5.74, 6) is -0.303. The van der Waals surface area contributed by atoms with Crippen molar-refractivity contribution in [1.82, 2.24) is 0 Å². The lowest BCUT2D eigenvalue weighted by Crippen LogP contribution is -2.21. The van der Waals surface area contributed by atoms with Crippen LogP contribution in [0.5, 0.6) is 0 Å². The largest absolute Gasteiger partial charge is 0.591 e. The Bertz CT molecular complexity index is 235. The maximum absolute atomic E-state index is 10.8. The molecule has 13 heavy (non-hydrogen) atoms. The van der Waals surface area contributed by atoms with E-state index in [1.54, 1.807) is 0 Å². The summed E-state index contributed by atoms with van der Waals surface area (Å²) in [5.41, 5.74) is -0.163. The zero-order chi connectivity index (χ0) is 10.4. The third-order valence-electron chi connectivity index (χ3n) is 1.02. The number of aliphatic hydroxyl groups excluding tert-OH is 2. The van der Waals surface area contributed by atoms with E-state index < -0.39 is 26.9 Å². The molecular weight excluding hydrogens is 199 g/mol. The second kappa shape index (κ2) is 5.77. The number of hydrogen-bond acceptors (Lipinski definition) is 6. The lowest BCUT2D eigenvalue weighted by Gasteiger charge is -2.07. The summed E-state index contributed by atoms with van der Waals surface area (Å²) in [5, 5.41) is 16.9. The summed E-state index contributed by atoms with van der Waals surface area (Å²) >= 11 is 0. The average Bonchev–Trinajstić information content (AvgIpc) is 2.02. The number of carbonyl (C=O) groups excluding carboxylic acids is 1. The van der Waals surface area contributed by atoms with Crippen molar-refractivity contribution in [2.24, 2.45) is 0 Å². The molecular formula is C6H9O6P. The minimum atomic E-state index is -2.81. The molecule has 0 aromatic heterocycles. The first-order valence-corrected chi connectivity index (χ1v) is 4.54. The molecule has 7 heteroatoms. The van der Waals surface area contributed by atoms with Crippen LogP contribution in [0.25, 0.3) is 0 Å². The van der Waals surface area contributed by atoms with Gasteiger partial charge in [-0.05, 0) is 6.92 Å². The van der Waals surface area contributed by atoms with Crippen molar-refractivity contribution < 1.29 is 29.2 Å². The average molecular weight is 208 g/mol. The second-order valence-corrected chi connectivity index (χ2v) is 2.97. The Kier molecular flexibility index (Phi) is 5.41. The Labute approximate surface area is 75.3 Å². The van der Waals surface area contributed by atoms with Gasteiger partial charge in [-0.25, -0.2) is 4.79 Å². The number of carbonyl (C=O) groups is 1. The van der Waals surface area contributed by atoms with Gasteiger partial charge in [-0.3, -0.25) is 0 Å². The summed E-state index contributed by atoms with van der Waals surface area (Å²) in [6.07, 6.45) is -1.62. The van der Waals surface area contributed by atoms with Gasteiger partial charge in [-0.2, -0.15) is 0 Å². The Morgan fingerprint density at radius 2 is 2.31 bits per heavy atom. The van der Waals surface area contributed by atoms with Crippen LogP contribution in [0, 0.1) is 0 Å². The molecule has 0 aliphatic carbocycles. The fraction of sp³-hybridized carbons (Fsp3) is 0.500. The van der Waals surface area contributed by atoms with Crippen LogP contribution in [-0.2, 0) is 14.1 Å². The van der Waals surface area contributed by atoms with Gasteiger partial charge < -0.3 is 19.8 Å². The predicted molar refractivity (Wildman–Crippen MR) is 40.5 cm³/mol. The molecule has 2 unspecified atom stereocenters. The van der Waals surface area contributed by atoms with Crippen molar-refractivity contribution in [3.05, 3.63) is 11.4 Å². The van der Waals surface area contributed by atoms with Crippen LogP contribution in [0.15, 0.2) is 11.4 Å². The highest BCUT2D eigenvalue weighted by Crippen LogP contribution is 2.13. The van der Waals surface area contributed by atoms with Gasteiger partial charge in [-0.1, -0.05) is 4.57 Å². The first kappa shape index (κ1) is 12.2. The number of esters is 1. The van der Waals surface area contributed by atoms with E-state index in [-0.39, 0.29) is 5.57 Å². The van der Waals surface area contributed by atoms with Crippen LogP contribution in [0.1, 0.15) is 6.92 Å². The Morgan fingerprint density at radius 3 is 2.69 bits per heavy atom. The van der Waals surface area contributed by atoms with E-state index in [2.05, 4.69) is 4.74 Å². The molecule has 0 fully saturated rings. The highest BCUT2D eigenvalue weighted by atomic mass is 31.1. The molecule has 0 radical (unpaired) electrons. The smallest absolute Gasteiger partial charge is 0.341 e. The van der Waals surface area contributed by atoms with Gasteiger partial charge in [0.05, 0.1) is 5.57 Å². The summed E-state index contributed by atoms with van der Waals surface area (Å²) in [6, 6.07) is 0. The minimum absolute atomic E-state index is 0.163.